The van der Waals surface area contributed by atoms with E-state index in [0.717, 1.165) is 56.1 Å². The summed E-state index contributed by atoms with van der Waals surface area (Å²) in [5.41, 5.74) is 8.12. The number of carbonyl (C=O) groups excluding carboxylic acids is 2. The number of hydrogen-bond donors (Lipinski definition) is 2. The molecule has 56 heavy (non-hydrogen) atoms. The lowest BCUT2D eigenvalue weighted by molar-refractivity contribution is -0.130. The predicted molar refractivity (Wildman–Crippen MR) is 215 cm³/mol. The first kappa shape index (κ1) is 39.9. The van der Waals surface area contributed by atoms with Crippen molar-refractivity contribution in [1.29, 1.82) is 0 Å². The Morgan fingerprint density at radius 3 is 1.86 bits per heavy atom. The molecule has 3 aromatic carbocycles. The number of carbonyl (C=O) groups is 2. The number of Topliss-reactive ketones (excluding diaryl/α,β-unsaturated/α-hetero) is 1. The van der Waals surface area contributed by atoms with Crippen LogP contribution < -0.4 is 5.32 Å². The maximum Gasteiger partial charge on any atom is 0.248 e. The summed E-state index contributed by atoms with van der Waals surface area (Å²) in [6, 6.07) is 20.4. The van der Waals surface area contributed by atoms with Gasteiger partial charge < -0.3 is 10.3 Å². The highest BCUT2D eigenvalue weighted by Crippen LogP contribution is 2.43. The van der Waals surface area contributed by atoms with Gasteiger partial charge >= 0.3 is 0 Å². The molecule has 10 heteroatoms. The molecule has 7 rings (SSSR count). The zero-order valence-electron chi connectivity index (χ0n) is 33.4. The van der Waals surface area contributed by atoms with E-state index in [4.69, 9.17) is 9.98 Å². The van der Waals surface area contributed by atoms with Crippen LogP contribution in [0.25, 0.3) is 33.3 Å². The zero-order chi connectivity index (χ0) is 40.2. The third kappa shape index (κ3) is 8.79. The van der Waals surface area contributed by atoms with Crippen molar-refractivity contribution in [1.82, 2.24) is 15.3 Å². The van der Waals surface area contributed by atoms with Crippen molar-refractivity contribution in [3.05, 3.63) is 72.1 Å². The van der Waals surface area contributed by atoms with E-state index in [9.17, 15) is 27.2 Å². The van der Waals surface area contributed by atoms with Crippen molar-refractivity contribution in [2.75, 3.05) is 0 Å². The number of halogens is 4. The largest absolute Gasteiger partial charge is 0.347 e. The summed E-state index contributed by atoms with van der Waals surface area (Å²) < 4.78 is 55.1. The molecule has 0 radical (unpaired) electrons. The highest BCUT2D eigenvalue weighted by atomic mass is 19.3. The highest BCUT2D eigenvalue weighted by Gasteiger charge is 2.41. The lowest BCUT2D eigenvalue weighted by atomic mass is 9.74. The van der Waals surface area contributed by atoms with Gasteiger partial charge in [-0.15, -0.1) is 0 Å². The number of aromatic amines is 1. The number of amides is 1. The van der Waals surface area contributed by atoms with Crippen LogP contribution in [0.2, 0.25) is 0 Å². The van der Waals surface area contributed by atoms with Gasteiger partial charge in [-0.25, -0.2) is 22.5 Å². The van der Waals surface area contributed by atoms with E-state index in [1.165, 1.54) is 0 Å². The Morgan fingerprint density at radius 1 is 0.750 bits per heavy atom. The second kappa shape index (κ2) is 14.9. The van der Waals surface area contributed by atoms with E-state index in [-0.39, 0.29) is 98.2 Å². The summed E-state index contributed by atoms with van der Waals surface area (Å²) in [6.07, 6.45) is 0.792. The number of rotatable bonds is 9. The summed E-state index contributed by atoms with van der Waals surface area (Å²) in [7, 11) is 0. The molecule has 0 spiro atoms. The van der Waals surface area contributed by atoms with Crippen LogP contribution >= 0.6 is 0 Å². The van der Waals surface area contributed by atoms with E-state index < -0.39 is 17.8 Å². The van der Waals surface area contributed by atoms with Gasteiger partial charge in [-0.05, 0) is 88.6 Å². The van der Waals surface area contributed by atoms with Gasteiger partial charge in [-0.1, -0.05) is 77.9 Å². The van der Waals surface area contributed by atoms with Crippen LogP contribution in [0, 0.1) is 22.7 Å². The molecule has 1 aromatic heterocycles. The minimum atomic E-state index is -2.68. The second-order valence-electron chi connectivity index (χ2n) is 18.7. The number of aliphatic imine (C=N–C) groups is 1. The van der Waals surface area contributed by atoms with Crippen LogP contribution in [0.4, 0.5) is 23.2 Å². The molecule has 2 saturated carbocycles. The first-order valence-corrected chi connectivity index (χ1v) is 20.1. The molecule has 298 valence electrons. The molecule has 4 aromatic rings. The van der Waals surface area contributed by atoms with Crippen LogP contribution in [-0.2, 0) is 16.0 Å². The minimum absolute atomic E-state index is 0.0454. The van der Waals surface area contributed by atoms with Crippen molar-refractivity contribution >= 4 is 34.1 Å². The van der Waals surface area contributed by atoms with E-state index in [1.807, 2.05) is 18.2 Å². The molecule has 2 N–H and O–H groups in total. The molecule has 3 aliphatic rings. The van der Waals surface area contributed by atoms with E-state index >= 15 is 0 Å². The number of fused-ring (bicyclic) bond motifs is 2. The molecule has 2 atom stereocenters. The summed E-state index contributed by atoms with van der Waals surface area (Å²) in [5.74, 6) is -5.64. The SMILES string of the molecule is CC(C)(C)[C@H](NC(=O)C1CCC(F)(F)CC1)C1=Nc2ccc(-c3ccc(-c4ccc5nc([C@@H](CC(=O)C6CCC(F)(F)CC6)C(C)(C)C)[nH]c5c4)cc3)cc2C1. The van der Waals surface area contributed by atoms with Gasteiger partial charge in [0.25, 0.3) is 0 Å². The van der Waals surface area contributed by atoms with Crippen LogP contribution in [0.3, 0.4) is 0 Å². The summed E-state index contributed by atoms with van der Waals surface area (Å²) in [6.45, 7) is 12.4. The Morgan fingerprint density at radius 2 is 1.29 bits per heavy atom. The summed E-state index contributed by atoms with van der Waals surface area (Å²) >= 11 is 0. The van der Waals surface area contributed by atoms with Crippen molar-refractivity contribution in [2.24, 2.45) is 27.7 Å². The molecule has 0 saturated heterocycles. The fourth-order valence-electron chi connectivity index (χ4n) is 8.71. The van der Waals surface area contributed by atoms with Crippen molar-refractivity contribution in [3.63, 3.8) is 0 Å². The Hall–Kier alpha value is -4.34. The van der Waals surface area contributed by atoms with Gasteiger partial charge in [0.15, 0.2) is 0 Å². The molecule has 2 aliphatic carbocycles. The number of hydrogen-bond acceptors (Lipinski definition) is 4. The molecular weight excluding hydrogens is 717 g/mol. The second-order valence-corrected chi connectivity index (χ2v) is 18.7. The number of nitrogens with one attached hydrogen (secondary N) is 2. The number of alkyl halides is 4. The first-order chi connectivity index (χ1) is 26.2. The summed E-state index contributed by atoms with van der Waals surface area (Å²) in [4.78, 5) is 39.9. The van der Waals surface area contributed by atoms with E-state index in [1.54, 1.807) is 0 Å². The molecule has 0 bridgehead atoms. The van der Waals surface area contributed by atoms with Crippen LogP contribution in [0.5, 0.6) is 0 Å². The number of ketones is 1. The maximum atomic E-state index is 13.8. The molecular formula is C46H54F4N4O2. The predicted octanol–water partition coefficient (Wildman–Crippen LogP) is 11.8. The van der Waals surface area contributed by atoms with Crippen molar-refractivity contribution in [3.8, 4) is 22.3 Å². The van der Waals surface area contributed by atoms with Gasteiger partial charge in [-0.2, -0.15) is 0 Å². The smallest absolute Gasteiger partial charge is 0.248 e. The number of aromatic nitrogens is 2. The average Bonchev–Trinajstić information content (AvgIpc) is 3.75. The Balaban J connectivity index is 1.03. The lowest BCUT2D eigenvalue weighted by Crippen LogP contribution is -2.51. The third-order valence-electron chi connectivity index (χ3n) is 12.3. The Bertz CT molecular complexity index is 2120. The number of benzene rings is 3. The fraction of sp³-hybridized carbons (Fsp3) is 0.522. The van der Waals surface area contributed by atoms with Crippen LogP contribution in [0.1, 0.15) is 117 Å². The van der Waals surface area contributed by atoms with Gasteiger partial charge in [0.1, 0.15) is 11.6 Å². The van der Waals surface area contributed by atoms with Crippen LogP contribution in [0.15, 0.2) is 65.7 Å². The molecule has 2 heterocycles. The van der Waals surface area contributed by atoms with Crippen LogP contribution in [-0.4, -0.2) is 45.3 Å². The topological polar surface area (TPSA) is 87.2 Å². The monoisotopic (exact) mass is 770 g/mol. The molecule has 1 amide bonds. The third-order valence-corrected chi connectivity index (χ3v) is 12.3. The average molecular weight is 771 g/mol. The number of nitrogens with zero attached hydrogens (tertiary/aromatic N) is 2. The standard InChI is InChI=1S/C46H54F4N4O2/c1-43(2,3)34(26-39(55)29-15-19-45(47,48)20-16-29)41-52-36-14-12-32(24-37(36)53-41)28-9-7-27(8-10-28)31-11-13-35-33(23-31)25-38(51-35)40(44(4,5)6)54-42(56)30-17-21-46(49,50)22-18-30/h7-14,23-24,29-30,34,40H,15-22,25-26H2,1-6H3,(H,52,53)(H,54,56)/t34-,40-/m1/s1. The zero-order valence-corrected chi connectivity index (χ0v) is 33.4. The number of imidazole rings is 1. The molecule has 6 nitrogen and oxygen atoms in total. The normalized spacial score (nSPS) is 20.0. The Labute approximate surface area is 327 Å². The lowest BCUT2D eigenvalue weighted by Gasteiger charge is -2.34. The Kier molecular flexibility index (Phi) is 10.6. The maximum absolute atomic E-state index is 13.8. The van der Waals surface area contributed by atoms with E-state index in [2.05, 4.69) is 94.3 Å². The molecule has 1 aliphatic heterocycles. The van der Waals surface area contributed by atoms with Gasteiger partial charge in [0.05, 0.1) is 22.8 Å². The van der Waals surface area contributed by atoms with E-state index in [0.29, 0.717) is 6.42 Å². The fourth-order valence-corrected chi connectivity index (χ4v) is 8.71. The molecule has 0 unspecified atom stereocenters. The summed E-state index contributed by atoms with van der Waals surface area (Å²) in [5, 5.41) is 3.19. The highest BCUT2D eigenvalue weighted by molar-refractivity contribution is 6.01. The van der Waals surface area contributed by atoms with Gasteiger partial charge in [0, 0.05) is 62.0 Å². The minimum Gasteiger partial charge on any atom is -0.347 e. The first-order valence-electron chi connectivity index (χ1n) is 20.1. The molecule has 2 fully saturated rings. The quantitative estimate of drug-likeness (QED) is 0.166. The van der Waals surface area contributed by atoms with Gasteiger partial charge in [-0.3, -0.25) is 14.6 Å². The number of H-pyrrole nitrogens is 1. The van der Waals surface area contributed by atoms with Crippen molar-refractivity contribution in [2.45, 2.75) is 130 Å². The van der Waals surface area contributed by atoms with Crippen molar-refractivity contribution < 1.29 is 27.2 Å². The van der Waals surface area contributed by atoms with Gasteiger partial charge in [0.2, 0.25) is 17.8 Å².